The number of pyridine rings is 1. The topological polar surface area (TPSA) is 60.6 Å². The summed E-state index contributed by atoms with van der Waals surface area (Å²) in [6.07, 6.45) is 0.970. The zero-order valence-corrected chi connectivity index (χ0v) is 20.6. The molecule has 0 bridgehead atoms. The number of aromatic nitrogens is 1. The second-order valence-electron chi connectivity index (χ2n) is 8.02. The monoisotopic (exact) mass is 466 g/mol. The summed E-state index contributed by atoms with van der Waals surface area (Å²) in [6.45, 7) is 9.29. The largest absolute Gasteiger partial charge is 0.497 e. The first-order chi connectivity index (χ1) is 16.0. The highest BCUT2D eigenvalue weighted by Gasteiger charge is 2.14. The van der Waals surface area contributed by atoms with Crippen LogP contribution in [0.4, 0.5) is 0 Å². The summed E-state index contributed by atoms with van der Waals surface area (Å²) in [4.78, 5) is 20.3. The van der Waals surface area contributed by atoms with Gasteiger partial charge in [-0.1, -0.05) is 44.2 Å². The van der Waals surface area contributed by atoms with Crippen LogP contribution in [0, 0.1) is 0 Å². The van der Waals surface area contributed by atoms with Crippen LogP contribution in [-0.4, -0.2) is 53.2 Å². The van der Waals surface area contributed by atoms with E-state index >= 15 is 0 Å². The van der Waals surface area contributed by atoms with E-state index in [2.05, 4.69) is 46.1 Å². The summed E-state index contributed by atoms with van der Waals surface area (Å²) in [5.74, 6) is 0.718. The summed E-state index contributed by atoms with van der Waals surface area (Å²) in [5, 5.41) is 5.00. The highest BCUT2D eigenvalue weighted by Crippen LogP contribution is 2.19. The van der Waals surface area contributed by atoms with Crippen molar-refractivity contribution in [3.8, 4) is 5.75 Å². The molecular weight excluding hydrogens is 432 g/mol. The van der Waals surface area contributed by atoms with Crippen LogP contribution in [0.2, 0.25) is 0 Å². The van der Waals surface area contributed by atoms with Crippen molar-refractivity contribution >= 4 is 28.2 Å². The van der Waals surface area contributed by atoms with E-state index in [1.54, 1.807) is 7.11 Å². The van der Waals surface area contributed by atoms with Crippen molar-refractivity contribution in [2.45, 2.75) is 33.4 Å². The van der Waals surface area contributed by atoms with Crippen LogP contribution in [0.25, 0.3) is 10.9 Å². The third kappa shape index (κ3) is 7.04. The van der Waals surface area contributed by atoms with Crippen LogP contribution >= 0.6 is 12.2 Å². The predicted octanol–water partition coefficient (Wildman–Crippen LogP) is 4.15. The van der Waals surface area contributed by atoms with Crippen molar-refractivity contribution in [1.29, 1.82) is 0 Å². The fourth-order valence-electron chi connectivity index (χ4n) is 3.84. The highest BCUT2D eigenvalue weighted by molar-refractivity contribution is 7.80. The molecule has 0 unspecified atom stereocenters. The van der Waals surface area contributed by atoms with Crippen LogP contribution in [0.3, 0.4) is 0 Å². The van der Waals surface area contributed by atoms with Gasteiger partial charge in [0.1, 0.15) is 5.75 Å². The van der Waals surface area contributed by atoms with Gasteiger partial charge in [-0.05, 0) is 67.4 Å². The molecule has 0 fully saturated rings. The Hall–Kier alpha value is -2.90. The van der Waals surface area contributed by atoms with E-state index in [1.807, 2.05) is 42.5 Å². The Balaban J connectivity index is 1.76. The Labute approximate surface area is 201 Å². The molecule has 3 aromatic rings. The summed E-state index contributed by atoms with van der Waals surface area (Å²) >= 11 is 5.75. The molecule has 0 aliphatic carbocycles. The minimum atomic E-state index is -0.102. The molecule has 176 valence electrons. The predicted molar refractivity (Wildman–Crippen MR) is 140 cm³/mol. The van der Waals surface area contributed by atoms with Crippen LogP contribution in [-0.2, 0) is 13.1 Å². The van der Waals surface area contributed by atoms with Gasteiger partial charge in [0.25, 0.3) is 5.56 Å². The number of hydrogen-bond donors (Lipinski definition) is 2. The number of methoxy groups -OCH3 is 1. The van der Waals surface area contributed by atoms with Gasteiger partial charge in [0.15, 0.2) is 5.11 Å². The van der Waals surface area contributed by atoms with E-state index in [4.69, 9.17) is 17.0 Å². The van der Waals surface area contributed by atoms with Gasteiger partial charge in [-0.3, -0.25) is 4.79 Å². The number of fused-ring (bicyclic) bond motifs is 1. The highest BCUT2D eigenvalue weighted by atomic mass is 32.1. The van der Waals surface area contributed by atoms with Gasteiger partial charge < -0.3 is 24.8 Å². The average molecular weight is 467 g/mol. The lowest BCUT2D eigenvalue weighted by Crippen LogP contribution is -2.41. The minimum absolute atomic E-state index is 0.102. The maximum atomic E-state index is 12.8. The number of nitrogens with zero attached hydrogens (tertiary/aromatic N) is 2. The number of hydrogen-bond acceptors (Lipinski definition) is 4. The van der Waals surface area contributed by atoms with Gasteiger partial charge >= 0.3 is 0 Å². The van der Waals surface area contributed by atoms with Crippen molar-refractivity contribution in [1.82, 2.24) is 20.1 Å². The fourth-order valence-corrected chi connectivity index (χ4v) is 4.07. The van der Waals surface area contributed by atoms with Crippen LogP contribution < -0.4 is 15.6 Å². The van der Waals surface area contributed by atoms with E-state index in [0.29, 0.717) is 23.8 Å². The first kappa shape index (κ1) is 24.7. The molecule has 0 saturated heterocycles. The first-order valence-electron chi connectivity index (χ1n) is 11.5. The zero-order valence-electron chi connectivity index (χ0n) is 19.8. The SMILES string of the molecule is CCN(CC)CCCN(Cc1cc2ccc(OC)cc2[nH]c1=O)C(=S)NCc1ccccc1. The number of aromatic amines is 1. The van der Waals surface area contributed by atoms with E-state index < -0.39 is 0 Å². The Morgan fingerprint density at radius 1 is 1.06 bits per heavy atom. The molecule has 2 aromatic carbocycles. The second-order valence-corrected chi connectivity index (χ2v) is 8.41. The zero-order chi connectivity index (χ0) is 23.6. The van der Waals surface area contributed by atoms with Gasteiger partial charge in [-0.2, -0.15) is 0 Å². The summed E-state index contributed by atoms with van der Waals surface area (Å²) < 4.78 is 5.27. The molecule has 7 heteroatoms. The molecule has 0 aliphatic rings. The van der Waals surface area contributed by atoms with Gasteiger partial charge in [-0.15, -0.1) is 0 Å². The van der Waals surface area contributed by atoms with Gasteiger partial charge in [0.2, 0.25) is 0 Å². The van der Waals surface area contributed by atoms with Crippen LogP contribution in [0.1, 0.15) is 31.4 Å². The third-order valence-electron chi connectivity index (χ3n) is 5.86. The molecule has 1 aromatic heterocycles. The second kappa shape index (κ2) is 12.4. The molecule has 0 amide bonds. The van der Waals surface area contributed by atoms with E-state index in [-0.39, 0.29) is 5.56 Å². The normalized spacial score (nSPS) is 11.0. The Kier molecular flexibility index (Phi) is 9.27. The Morgan fingerprint density at radius 2 is 1.82 bits per heavy atom. The summed E-state index contributed by atoms with van der Waals surface area (Å²) in [6, 6.07) is 17.8. The van der Waals surface area contributed by atoms with Crippen molar-refractivity contribution in [3.05, 3.63) is 76.1 Å². The first-order valence-corrected chi connectivity index (χ1v) is 11.9. The average Bonchev–Trinajstić information content (AvgIpc) is 2.85. The molecule has 3 rings (SSSR count). The summed E-state index contributed by atoms with van der Waals surface area (Å²) in [7, 11) is 1.62. The number of nitrogens with one attached hydrogen (secondary N) is 2. The van der Waals surface area contributed by atoms with E-state index in [9.17, 15) is 4.79 Å². The van der Waals surface area contributed by atoms with Gasteiger partial charge in [-0.25, -0.2) is 0 Å². The van der Waals surface area contributed by atoms with Crippen molar-refractivity contribution in [2.24, 2.45) is 0 Å². The lowest BCUT2D eigenvalue weighted by Gasteiger charge is -2.27. The molecule has 2 N–H and O–H groups in total. The smallest absolute Gasteiger partial charge is 0.253 e. The number of thiocarbonyl (C=S) groups is 1. The van der Waals surface area contributed by atoms with Crippen molar-refractivity contribution < 1.29 is 4.74 Å². The molecule has 0 spiro atoms. The lowest BCUT2D eigenvalue weighted by atomic mass is 10.1. The molecule has 0 radical (unpaired) electrons. The quantitative estimate of drug-likeness (QED) is 0.414. The van der Waals surface area contributed by atoms with Crippen molar-refractivity contribution in [2.75, 3.05) is 33.3 Å². The maximum Gasteiger partial charge on any atom is 0.253 e. The number of benzene rings is 2. The molecule has 6 nitrogen and oxygen atoms in total. The van der Waals surface area contributed by atoms with Gasteiger partial charge in [0, 0.05) is 24.7 Å². The van der Waals surface area contributed by atoms with E-state index in [0.717, 1.165) is 49.3 Å². The number of ether oxygens (including phenoxy) is 1. The number of H-pyrrole nitrogens is 1. The Bertz CT molecular complexity index is 1100. The standard InChI is InChI=1S/C26H34N4O2S/c1-4-29(5-2)14-9-15-30(26(33)27-18-20-10-7-6-8-11-20)19-22-16-21-12-13-23(32-3)17-24(21)28-25(22)31/h6-8,10-13,16-17H,4-5,9,14-15,18-19H2,1-3H3,(H,27,33)(H,28,31). The van der Waals surface area contributed by atoms with Crippen LogP contribution in [0.15, 0.2) is 59.4 Å². The Morgan fingerprint density at radius 3 is 2.52 bits per heavy atom. The van der Waals surface area contributed by atoms with Crippen LogP contribution in [0.5, 0.6) is 5.75 Å². The lowest BCUT2D eigenvalue weighted by molar-refractivity contribution is 0.279. The molecular formula is C26H34N4O2S. The van der Waals surface area contributed by atoms with Gasteiger partial charge in [0.05, 0.1) is 19.2 Å². The third-order valence-corrected chi connectivity index (χ3v) is 6.26. The molecule has 0 aliphatic heterocycles. The van der Waals surface area contributed by atoms with E-state index in [1.165, 1.54) is 5.56 Å². The molecule has 33 heavy (non-hydrogen) atoms. The molecule has 0 atom stereocenters. The molecule has 1 heterocycles. The minimum Gasteiger partial charge on any atom is -0.497 e. The maximum absolute atomic E-state index is 12.8. The summed E-state index contributed by atoms with van der Waals surface area (Å²) in [5.41, 5.74) is 2.52. The number of rotatable bonds is 11. The molecule has 0 saturated carbocycles. The fraction of sp³-hybridized carbons (Fsp3) is 0.385. The van der Waals surface area contributed by atoms with Crippen molar-refractivity contribution in [3.63, 3.8) is 0 Å².